The highest BCUT2D eigenvalue weighted by molar-refractivity contribution is 6.16. The van der Waals surface area contributed by atoms with Crippen LogP contribution in [0.5, 0.6) is 0 Å². The number of fused-ring (bicyclic) bond motifs is 3. The zero-order chi connectivity index (χ0) is 35.2. The number of hydrogen-bond donors (Lipinski definition) is 0. The summed E-state index contributed by atoms with van der Waals surface area (Å²) in [7, 11) is 2.12. The molecule has 0 aliphatic rings. The topological polar surface area (TPSA) is 26.0 Å². The third-order valence-electron chi connectivity index (χ3n) is 10.1. The number of hydrogen-bond acceptors (Lipinski definition) is 2. The van der Waals surface area contributed by atoms with E-state index in [1.807, 2.05) is 0 Å². The number of para-hydroxylation sites is 1. The van der Waals surface area contributed by atoms with Crippen molar-refractivity contribution < 1.29 is 0 Å². The Hall–Kier alpha value is -6.65. The van der Waals surface area contributed by atoms with E-state index in [4.69, 9.17) is 4.98 Å². The van der Waals surface area contributed by atoms with Crippen LogP contribution in [0.1, 0.15) is 11.1 Å². The van der Waals surface area contributed by atoms with Gasteiger partial charge in [0.05, 0.1) is 28.1 Å². The van der Waals surface area contributed by atoms with Gasteiger partial charge in [-0.05, 0) is 80.6 Å². The van der Waals surface area contributed by atoms with Crippen LogP contribution in [0.3, 0.4) is 0 Å². The zero-order valence-corrected chi connectivity index (χ0v) is 29.5. The fraction of sp³-hybridized carbons (Fsp3) is 0.0625. The zero-order valence-electron chi connectivity index (χ0n) is 29.5. The van der Waals surface area contributed by atoms with Crippen LogP contribution in [0, 0.1) is 13.8 Å². The monoisotopic (exact) mass is 670 g/mol. The molecule has 0 saturated heterocycles. The van der Waals surface area contributed by atoms with Crippen molar-refractivity contribution in [2.45, 2.75) is 13.8 Å². The molecule has 0 saturated carbocycles. The number of rotatable bonds is 7. The number of aromatic nitrogens is 3. The maximum atomic E-state index is 5.27. The number of benzene rings is 7. The Balaban J connectivity index is 1.20. The number of aryl methyl sites for hydroxylation is 2. The molecule has 2 heterocycles. The fourth-order valence-corrected chi connectivity index (χ4v) is 7.52. The summed E-state index contributed by atoms with van der Waals surface area (Å²) in [6, 6.07) is 62.9. The molecule has 0 amide bonds. The molecule has 2 aromatic heterocycles. The lowest BCUT2D eigenvalue weighted by Gasteiger charge is -2.26. The average molecular weight is 671 g/mol. The third kappa shape index (κ3) is 5.37. The Labute approximate surface area is 304 Å². The minimum atomic E-state index is 0.931. The summed E-state index contributed by atoms with van der Waals surface area (Å²) in [6.45, 7) is 4.27. The van der Waals surface area contributed by atoms with Gasteiger partial charge in [0.1, 0.15) is 5.82 Å². The molecule has 9 aromatic rings. The lowest BCUT2D eigenvalue weighted by Crippen LogP contribution is -2.10. The van der Waals surface area contributed by atoms with E-state index in [-0.39, 0.29) is 0 Å². The predicted molar refractivity (Wildman–Crippen MR) is 218 cm³/mol. The standard InChI is InChI=1S/C48H38N4/c1-33-21-27-38(28-22-33)51(39-29-23-34(2)24-30-39)43-19-12-20-44-45(43)41-17-10-11-18-42(41)52(44)40-31-25-37(26-32-40)48-49-46(35-13-6-4-7-14-35)47(50(48)3)36-15-8-5-9-16-36/h4-32H,1-3H3. The van der Waals surface area contributed by atoms with Crippen molar-refractivity contribution in [1.29, 1.82) is 0 Å². The quantitative estimate of drug-likeness (QED) is 0.169. The van der Waals surface area contributed by atoms with Gasteiger partial charge in [-0.3, -0.25) is 0 Å². The van der Waals surface area contributed by atoms with Gasteiger partial charge in [-0.1, -0.05) is 120 Å². The largest absolute Gasteiger partial charge is 0.327 e. The van der Waals surface area contributed by atoms with Crippen molar-refractivity contribution in [3.63, 3.8) is 0 Å². The molecule has 9 rings (SSSR count). The normalized spacial score (nSPS) is 11.4. The second kappa shape index (κ2) is 12.9. The van der Waals surface area contributed by atoms with Crippen LogP contribution in [-0.2, 0) is 7.05 Å². The maximum Gasteiger partial charge on any atom is 0.140 e. The highest BCUT2D eigenvalue weighted by Crippen LogP contribution is 2.44. The SMILES string of the molecule is Cc1ccc(N(c2ccc(C)cc2)c2cccc3c2c2ccccc2n3-c2ccc(-c3nc(-c4ccccc4)c(-c4ccccc4)n3C)cc2)cc1. The lowest BCUT2D eigenvalue weighted by molar-refractivity contribution is 0.933. The van der Waals surface area contributed by atoms with Crippen LogP contribution in [-0.4, -0.2) is 14.1 Å². The molecule has 52 heavy (non-hydrogen) atoms. The van der Waals surface area contributed by atoms with E-state index < -0.39 is 0 Å². The predicted octanol–water partition coefficient (Wildman–Crippen LogP) is 12.6. The van der Waals surface area contributed by atoms with Crippen LogP contribution in [0.2, 0.25) is 0 Å². The van der Waals surface area contributed by atoms with Gasteiger partial charge < -0.3 is 14.0 Å². The van der Waals surface area contributed by atoms with Crippen molar-refractivity contribution in [2.75, 3.05) is 4.90 Å². The molecule has 4 heteroatoms. The molecule has 0 N–H and O–H groups in total. The van der Waals surface area contributed by atoms with Gasteiger partial charge in [0.2, 0.25) is 0 Å². The second-order valence-electron chi connectivity index (χ2n) is 13.5. The van der Waals surface area contributed by atoms with E-state index in [9.17, 15) is 0 Å². The molecule has 0 fully saturated rings. The molecule has 0 bridgehead atoms. The molecule has 0 aliphatic carbocycles. The minimum absolute atomic E-state index is 0.931. The van der Waals surface area contributed by atoms with Crippen LogP contribution in [0.15, 0.2) is 176 Å². The average Bonchev–Trinajstić information content (AvgIpc) is 3.72. The van der Waals surface area contributed by atoms with E-state index in [0.29, 0.717) is 0 Å². The number of anilines is 3. The Morgan fingerprint density at radius 1 is 0.481 bits per heavy atom. The van der Waals surface area contributed by atoms with E-state index >= 15 is 0 Å². The summed E-state index contributed by atoms with van der Waals surface area (Å²) >= 11 is 0. The molecule has 0 spiro atoms. The first-order valence-electron chi connectivity index (χ1n) is 17.8. The van der Waals surface area contributed by atoms with Crippen molar-refractivity contribution in [2.24, 2.45) is 7.05 Å². The van der Waals surface area contributed by atoms with Crippen LogP contribution >= 0.6 is 0 Å². The van der Waals surface area contributed by atoms with Gasteiger partial charge in [0.15, 0.2) is 0 Å². The Kier molecular flexibility index (Phi) is 7.78. The summed E-state index contributed by atoms with van der Waals surface area (Å²) in [5, 5.41) is 2.43. The van der Waals surface area contributed by atoms with E-state index in [1.54, 1.807) is 0 Å². The third-order valence-corrected chi connectivity index (χ3v) is 10.1. The van der Waals surface area contributed by atoms with Gasteiger partial charge in [-0.15, -0.1) is 0 Å². The van der Waals surface area contributed by atoms with Crippen LogP contribution in [0.25, 0.3) is 61.4 Å². The summed E-state index contributed by atoms with van der Waals surface area (Å²) in [5.74, 6) is 0.931. The van der Waals surface area contributed by atoms with Gasteiger partial charge in [-0.2, -0.15) is 0 Å². The summed E-state index contributed by atoms with van der Waals surface area (Å²) in [4.78, 5) is 7.65. The lowest BCUT2D eigenvalue weighted by atomic mass is 10.1. The van der Waals surface area contributed by atoms with Crippen molar-refractivity contribution >= 4 is 38.9 Å². The summed E-state index contributed by atoms with van der Waals surface area (Å²) < 4.78 is 4.62. The molecular weight excluding hydrogens is 633 g/mol. The molecule has 0 atom stereocenters. The van der Waals surface area contributed by atoms with Crippen molar-refractivity contribution in [3.8, 4) is 39.6 Å². The van der Waals surface area contributed by atoms with E-state index in [2.05, 4.69) is 211 Å². The highest BCUT2D eigenvalue weighted by atomic mass is 15.1. The molecule has 7 aromatic carbocycles. The van der Waals surface area contributed by atoms with Gasteiger partial charge >= 0.3 is 0 Å². The molecule has 0 unspecified atom stereocenters. The Bertz CT molecular complexity index is 2620. The first-order chi connectivity index (χ1) is 25.5. The van der Waals surface area contributed by atoms with Gasteiger partial charge in [0, 0.05) is 51.6 Å². The van der Waals surface area contributed by atoms with Crippen molar-refractivity contribution in [1.82, 2.24) is 14.1 Å². The molecule has 4 nitrogen and oxygen atoms in total. The summed E-state index contributed by atoms with van der Waals surface area (Å²) in [5.41, 5.74) is 14.7. The Morgan fingerprint density at radius 2 is 1.04 bits per heavy atom. The smallest absolute Gasteiger partial charge is 0.140 e. The number of nitrogens with zero attached hydrogens (tertiary/aromatic N) is 4. The first-order valence-corrected chi connectivity index (χ1v) is 17.8. The molecule has 250 valence electrons. The second-order valence-corrected chi connectivity index (χ2v) is 13.5. The minimum Gasteiger partial charge on any atom is -0.327 e. The first kappa shape index (κ1) is 31.3. The highest BCUT2D eigenvalue weighted by Gasteiger charge is 2.22. The Morgan fingerprint density at radius 3 is 1.67 bits per heavy atom. The molecule has 0 aliphatic heterocycles. The maximum absolute atomic E-state index is 5.27. The van der Waals surface area contributed by atoms with Gasteiger partial charge in [-0.25, -0.2) is 4.98 Å². The fourth-order valence-electron chi connectivity index (χ4n) is 7.52. The van der Waals surface area contributed by atoms with E-state index in [0.717, 1.165) is 62.2 Å². The van der Waals surface area contributed by atoms with Crippen molar-refractivity contribution in [3.05, 3.63) is 187 Å². The van der Waals surface area contributed by atoms with Crippen LogP contribution in [0.4, 0.5) is 17.1 Å². The molecule has 0 radical (unpaired) electrons. The molecular formula is C48H38N4. The van der Waals surface area contributed by atoms with E-state index in [1.165, 1.54) is 27.4 Å². The van der Waals surface area contributed by atoms with Crippen LogP contribution < -0.4 is 4.90 Å². The summed E-state index contributed by atoms with van der Waals surface area (Å²) in [6.07, 6.45) is 0. The van der Waals surface area contributed by atoms with Gasteiger partial charge in [0.25, 0.3) is 0 Å². The number of imidazole rings is 1.